The van der Waals surface area contributed by atoms with Gasteiger partial charge in [-0.25, -0.2) is 4.98 Å². The van der Waals surface area contributed by atoms with Crippen molar-refractivity contribution in [3.63, 3.8) is 0 Å². The molecule has 0 unspecified atom stereocenters. The Kier molecular flexibility index (Phi) is 5.68. The van der Waals surface area contributed by atoms with Crippen LogP contribution in [-0.4, -0.2) is 42.4 Å². The molecule has 0 aliphatic heterocycles. The van der Waals surface area contributed by atoms with Crippen LogP contribution >= 0.6 is 11.3 Å². The number of aliphatic hydroxyl groups is 1. The number of anilines is 1. The lowest BCUT2D eigenvalue weighted by Crippen LogP contribution is -2.27. The van der Waals surface area contributed by atoms with E-state index in [-0.39, 0.29) is 19.1 Å². The highest BCUT2D eigenvalue weighted by molar-refractivity contribution is 7.17. The second-order valence-electron chi connectivity index (χ2n) is 4.19. The van der Waals surface area contributed by atoms with Crippen LogP contribution in [0, 0.1) is 0 Å². The Bertz CT molecular complexity index is 586. The van der Waals surface area contributed by atoms with E-state index < -0.39 is 0 Å². The molecular formula is C14H17N3O3S. The van der Waals surface area contributed by atoms with Gasteiger partial charge in [-0.3, -0.25) is 4.79 Å². The van der Waals surface area contributed by atoms with Gasteiger partial charge in [0, 0.05) is 12.1 Å². The summed E-state index contributed by atoms with van der Waals surface area (Å²) in [5.74, 6) is -0.226. The maximum Gasteiger partial charge on any atom is 0.263 e. The smallest absolute Gasteiger partial charge is 0.263 e. The van der Waals surface area contributed by atoms with Crippen molar-refractivity contribution in [1.82, 2.24) is 10.3 Å². The van der Waals surface area contributed by atoms with Gasteiger partial charge in [-0.1, -0.05) is 41.7 Å². The van der Waals surface area contributed by atoms with Crippen molar-refractivity contribution in [2.45, 2.75) is 0 Å². The molecule has 0 bridgehead atoms. The molecule has 4 N–H and O–H groups in total. The number of carbonyl (C=O) groups excluding carboxylic acids is 1. The Morgan fingerprint density at radius 3 is 2.81 bits per heavy atom. The Hall–Kier alpha value is -1.96. The predicted molar refractivity (Wildman–Crippen MR) is 82.2 cm³/mol. The topological polar surface area (TPSA) is 97.5 Å². The van der Waals surface area contributed by atoms with Gasteiger partial charge in [-0.15, -0.1) is 0 Å². The molecule has 0 aliphatic carbocycles. The van der Waals surface area contributed by atoms with Crippen LogP contribution in [-0.2, 0) is 4.74 Å². The summed E-state index contributed by atoms with van der Waals surface area (Å²) in [7, 11) is 0. The molecule has 112 valence electrons. The lowest BCUT2D eigenvalue weighted by atomic mass is 10.1. The van der Waals surface area contributed by atoms with E-state index >= 15 is 0 Å². The lowest BCUT2D eigenvalue weighted by Gasteiger charge is -2.05. The first-order chi connectivity index (χ1) is 10.2. The molecule has 1 aromatic carbocycles. The number of aromatic nitrogens is 1. The normalized spacial score (nSPS) is 10.5. The number of nitrogens with one attached hydrogen (secondary N) is 1. The van der Waals surface area contributed by atoms with Gasteiger partial charge in [0.2, 0.25) is 0 Å². The van der Waals surface area contributed by atoms with Crippen LogP contribution in [0.2, 0.25) is 0 Å². The van der Waals surface area contributed by atoms with Crippen molar-refractivity contribution in [3.8, 4) is 11.3 Å². The first-order valence-electron chi connectivity index (χ1n) is 6.51. The fraction of sp³-hybridized carbons (Fsp3) is 0.286. The highest BCUT2D eigenvalue weighted by Gasteiger charge is 2.18. The van der Waals surface area contributed by atoms with E-state index in [1.54, 1.807) is 0 Å². The Morgan fingerprint density at radius 2 is 2.10 bits per heavy atom. The van der Waals surface area contributed by atoms with Crippen molar-refractivity contribution in [1.29, 1.82) is 0 Å². The molecule has 1 heterocycles. The molecule has 0 aliphatic rings. The highest BCUT2D eigenvalue weighted by atomic mass is 32.1. The number of nitrogens with zero attached hydrogens (tertiary/aromatic N) is 1. The van der Waals surface area contributed by atoms with E-state index in [0.717, 1.165) is 16.9 Å². The summed E-state index contributed by atoms with van der Waals surface area (Å²) >= 11 is 1.16. The van der Waals surface area contributed by atoms with Crippen molar-refractivity contribution < 1.29 is 14.6 Å². The second kappa shape index (κ2) is 7.72. The summed E-state index contributed by atoms with van der Waals surface area (Å²) in [4.78, 5) is 16.9. The van der Waals surface area contributed by atoms with Crippen molar-refractivity contribution in [2.24, 2.45) is 0 Å². The molecule has 0 saturated carbocycles. The van der Waals surface area contributed by atoms with Crippen LogP contribution in [0.3, 0.4) is 0 Å². The molecule has 0 radical (unpaired) electrons. The van der Waals surface area contributed by atoms with Gasteiger partial charge >= 0.3 is 0 Å². The number of carbonyl (C=O) groups is 1. The number of rotatable bonds is 7. The zero-order chi connectivity index (χ0) is 15.1. The fourth-order valence-electron chi connectivity index (χ4n) is 1.77. The Morgan fingerprint density at radius 1 is 1.33 bits per heavy atom. The maximum absolute atomic E-state index is 12.2. The number of benzene rings is 1. The summed E-state index contributed by atoms with van der Waals surface area (Å²) in [6, 6.07) is 9.44. The van der Waals surface area contributed by atoms with Gasteiger partial charge in [-0.05, 0) is 0 Å². The van der Waals surface area contributed by atoms with Crippen LogP contribution in [0.4, 0.5) is 5.13 Å². The minimum absolute atomic E-state index is 0.0303. The SMILES string of the molecule is Nc1nc(-c2ccccc2)c(C(=O)NCCOCCO)s1. The molecule has 1 amide bonds. The fourth-order valence-corrected chi connectivity index (χ4v) is 2.54. The van der Waals surface area contributed by atoms with E-state index in [2.05, 4.69) is 10.3 Å². The number of hydrogen-bond donors (Lipinski definition) is 3. The van der Waals surface area contributed by atoms with E-state index in [1.165, 1.54) is 0 Å². The monoisotopic (exact) mass is 307 g/mol. The molecule has 1 aromatic heterocycles. The number of aliphatic hydroxyl groups excluding tert-OH is 1. The minimum atomic E-state index is -0.226. The third-order valence-electron chi connectivity index (χ3n) is 2.66. The lowest BCUT2D eigenvalue weighted by molar-refractivity contribution is 0.0840. The summed E-state index contributed by atoms with van der Waals surface area (Å²) in [6.07, 6.45) is 0. The van der Waals surface area contributed by atoms with E-state index in [0.29, 0.717) is 28.9 Å². The Labute approximate surface area is 126 Å². The number of ether oxygens (including phenoxy) is 1. The number of thiazole rings is 1. The molecule has 0 saturated heterocycles. The van der Waals surface area contributed by atoms with Crippen LogP contribution in [0.15, 0.2) is 30.3 Å². The van der Waals surface area contributed by atoms with Gasteiger partial charge in [0.05, 0.1) is 25.5 Å². The number of nitrogens with two attached hydrogens (primary N) is 1. The molecule has 2 rings (SSSR count). The van der Waals surface area contributed by atoms with Crippen molar-refractivity contribution in [2.75, 3.05) is 32.1 Å². The van der Waals surface area contributed by atoms with Gasteiger partial charge in [0.25, 0.3) is 5.91 Å². The van der Waals surface area contributed by atoms with E-state index in [9.17, 15) is 4.79 Å². The van der Waals surface area contributed by atoms with Gasteiger partial charge in [0.1, 0.15) is 4.88 Å². The Balaban J connectivity index is 2.04. The zero-order valence-corrected chi connectivity index (χ0v) is 12.2. The molecule has 2 aromatic rings. The third-order valence-corrected chi connectivity index (χ3v) is 3.55. The first kappa shape index (κ1) is 15.4. The maximum atomic E-state index is 12.2. The average Bonchev–Trinajstić information content (AvgIpc) is 2.90. The van der Waals surface area contributed by atoms with Crippen molar-refractivity contribution >= 4 is 22.4 Å². The van der Waals surface area contributed by atoms with Gasteiger partial charge < -0.3 is 20.9 Å². The number of amides is 1. The summed E-state index contributed by atoms with van der Waals surface area (Å²) in [5, 5.41) is 11.7. The average molecular weight is 307 g/mol. The van der Waals surface area contributed by atoms with Crippen LogP contribution in [0.5, 0.6) is 0 Å². The molecule has 0 atom stereocenters. The molecular weight excluding hydrogens is 290 g/mol. The summed E-state index contributed by atoms with van der Waals surface area (Å²) in [6.45, 7) is 0.947. The number of nitrogen functional groups attached to an aromatic ring is 1. The van der Waals surface area contributed by atoms with Crippen molar-refractivity contribution in [3.05, 3.63) is 35.2 Å². The quantitative estimate of drug-likeness (QED) is 0.666. The van der Waals surface area contributed by atoms with Gasteiger partial charge in [-0.2, -0.15) is 0 Å². The van der Waals surface area contributed by atoms with Gasteiger partial charge in [0.15, 0.2) is 5.13 Å². The highest BCUT2D eigenvalue weighted by Crippen LogP contribution is 2.29. The zero-order valence-electron chi connectivity index (χ0n) is 11.4. The minimum Gasteiger partial charge on any atom is -0.394 e. The second-order valence-corrected chi connectivity index (χ2v) is 5.22. The molecule has 7 heteroatoms. The predicted octanol–water partition coefficient (Wildman–Crippen LogP) is 1.13. The van der Waals surface area contributed by atoms with Crippen LogP contribution in [0.25, 0.3) is 11.3 Å². The van der Waals surface area contributed by atoms with Crippen LogP contribution in [0.1, 0.15) is 9.67 Å². The summed E-state index contributed by atoms with van der Waals surface area (Å²) < 4.78 is 5.09. The van der Waals surface area contributed by atoms with E-state index in [4.69, 9.17) is 15.6 Å². The number of hydrogen-bond acceptors (Lipinski definition) is 6. The molecule has 0 fully saturated rings. The third kappa shape index (κ3) is 4.25. The standard InChI is InChI=1S/C14H17N3O3S/c15-14-17-11(10-4-2-1-3-5-10)12(21-14)13(19)16-6-8-20-9-7-18/h1-5,18H,6-9H2,(H2,15,17)(H,16,19). The van der Waals surface area contributed by atoms with Crippen LogP contribution < -0.4 is 11.1 Å². The van der Waals surface area contributed by atoms with E-state index in [1.807, 2.05) is 30.3 Å². The molecule has 6 nitrogen and oxygen atoms in total. The summed E-state index contributed by atoms with van der Waals surface area (Å²) in [5.41, 5.74) is 7.17. The molecule has 21 heavy (non-hydrogen) atoms. The first-order valence-corrected chi connectivity index (χ1v) is 7.32. The largest absolute Gasteiger partial charge is 0.394 e. The molecule has 0 spiro atoms.